The number of aryl methyl sites for hydroxylation is 8. The highest BCUT2D eigenvalue weighted by atomic mass is 32.2. The molecule has 6 N–H and O–H groups in total. The Balaban J connectivity index is 0.000000244. The van der Waals surface area contributed by atoms with Gasteiger partial charge >= 0.3 is 35.8 Å². The van der Waals surface area contributed by atoms with E-state index in [2.05, 4.69) is 36.4 Å². The van der Waals surface area contributed by atoms with Crippen LogP contribution < -0.4 is 49.4 Å². The molecule has 0 amide bonds. The Labute approximate surface area is 799 Å². The number of carbonyl (C=O) groups is 6. The first-order chi connectivity index (χ1) is 64.5. The van der Waals surface area contributed by atoms with Crippen molar-refractivity contribution in [1.82, 2.24) is 19.6 Å². The molecule has 134 heavy (non-hydrogen) atoms. The minimum Gasteiger partial charge on any atom is -0.497 e. The number of nitrogens with two attached hydrogens (primary N) is 2. The molecule has 1 unspecified atom stereocenters. The van der Waals surface area contributed by atoms with Crippen molar-refractivity contribution in [1.29, 1.82) is 0 Å². The lowest BCUT2D eigenvalue weighted by molar-refractivity contribution is -0.152. The minimum absolute atomic E-state index is 0.0173. The number of hydrogen-bond acceptors (Lipinski definition) is 26. The molecule has 0 aliphatic heterocycles. The van der Waals surface area contributed by atoms with Crippen LogP contribution in [0.15, 0.2) is 243 Å². The molecule has 720 valence electrons. The summed E-state index contributed by atoms with van der Waals surface area (Å²) >= 11 is 3.08. The molecule has 10 aromatic rings. The maximum atomic E-state index is 12.8. The Morgan fingerprint density at radius 1 is 0.299 bits per heavy atom. The summed E-state index contributed by atoms with van der Waals surface area (Å²) in [7, 11) is 21.9. The van der Waals surface area contributed by atoms with Crippen molar-refractivity contribution in [2.45, 2.75) is 112 Å². The first-order valence-corrected chi connectivity index (χ1v) is 47.1. The van der Waals surface area contributed by atoms with Gasteiger partial charge in [0.05, 0.1) is 61.4 Å². The number of methoxy groups -OCH3 is 4. The molecule has 0 aliphatic carbocycles. The third kappa shape index (κ3) is 40.8. The number of thioether (sulfide) groups is 2. The average molecular weight is 1880 g/mol. The Morgan fingerprint density at radius 2 is 0.515 bits per heavy atom. The fraction of sp³-hybridized carbons (Fsp3) is 0.377. The van der Waals surface area contributed by atoms with Gasteiger partial charge in [0.15, 0.2) is 0 Å². The number of esters is 4. The molecule has 26 nitrogen and oxygen atoms in total. The summed E-state index contributed by atoms with van der Waals surface area (Å²) in [6.07, 6.45) is 10.6. The molecule has 0 saturated carbocycles. The van der Waals surface area contributed by atoms with E-state index in [0.717, 1.165) is 120 Å². The van der Waals surface area contributed by atoms with Gasteiger partial charge < -0.3 is 98.1 Å². The Bertz CT molecular complexity index is 4830. The number of likely N-dealkylation sites (N-methyl/N-ethyl adjacent to an activating group) is 4. The van der Waals surface area contributed by atoms with Crippen LogP contribution in [0.25, 0.3) is 0 Å². The van der Waals surface area contributed by atoms with Crippen LogP contribution in [0.3, 0.4) is 0 Å². The second kappa shape index (κ2) is 60.2. The molecule has 0 aliphatic rings. The van der Waals surface area contributed by atoms with Crippen LogP contribution in [0, 0.1) is 0 Å². The second-order valence-electron chi connectivity index (χ2n) is 32.7. The molecule has 0 heterocycles. The highest BCUT2D eigenvalue weighted by molar-refractivity contribution is 7.99. The van der Waals surface area contributed by atoms with Gasteiger partial charge in [0.25, 0.3) is 0 Å². The summed E-state index contributed by atoms with van der Waals surface area (Å²) in [5, 5.41) is 18.7. The highest BCUT2D eigenvalue weighted by Gasteiger charge is 2.27. The number of aromatic carboxylic acids is 2. The number of carbonyl (C=O) groups excluding carboxylic acids is 4. The summed E-state index contributed by atoms with van der Waals surface area (Å²) in [6, 6.07) is 75.9. The summed E-state index contributed by atoms with van der Waals surface area (Å²) in [4.78, 5) is 80.8. The topological polar surface area (TPSA) is 319 Å². The van der Waals surface area contributed by atoms with E-state index in [1.54, 1.807) is 76.2 Å². The van der Waals surface area contributed by atoms with Crippen molar-refractivity contribution in [3.8, 4) is 46.0 Å². The van der Waals surface area contributed by atoms with Gasteiger partial charge in [0.1, 0.15) is 96.8 Å². The molecule has 0 saturated heterocycles. The summed E-state index contributed by atoms with van der Waals surface area (Å²) in [5.74, 6) is 2.26. The standard InChI is InChI=1S/2C28H31NO6.2C25H36N2O4S/c2*1-29(2)18-23(35-28(32)25-10-6-5-9-24(25)27(30)31)19-34-26-11-7-4-8-21(26)15-12-20-13-16-22(33-3)17-14-20;2*1-27(2)17-22(31-25(28)16-15-24(26)32-4)18-30-23-8-6-5-7-20(23)12-9-19-10-13-21(29-3)14-11-19/h2*4-11,13-14,16-17,23H,12,15,18-19H2,1-3H3,(H,30,31);2*5-8,10-11,13-14,22,24H,9,12,15-18,26H2,1-4H3/t23-;;22-,24+;22-,24-/m1.10/s1. The van der Waals surface area contributed by atoms with Crippen LogP contribution in [-0.4, -0.2) is 251 Å². The van der Waals surface area contributed by atoms with Crippen LogP contribution in [0.4, 0.5) is 0 Å². The monoisotopic (exact) mass is 1870 g/mol. The summed E-state index contributed by atoms with van der Waals surface area (Å²) in [6.45, 7) is 2.92. The third-order valence-corrected chi connectivity index (χ3v) is 22.7. The lowest BCUT2D eigenvalue weighted by Crippen LogP contribution is -2.35. The van der Waals surface area contributed by atoms with Crippen LogP contribution in [0.1, 0.15) is 112 Å². The van der Waals surface area contributed by atoms with Gasteiger partial charge in [-0.3, -0.25) is 9.59 Å². The SMILES string of the molecule is COc1ccc(CCc2ccccc2OCC(CN(C)C)OC(=O)c2ccccc2C(=O)O)cc1.COc1ccc(CCc2ccccc2OC[C@@H](CN(C)C)OC(=O)CC[C@@H](N)SC)cc1.COc1ccc(CCc2ccccc2OC[C@@H](CN(C)C)OC(=O)c2ccccc2C(=O)O)cc1.COc1ccc(CCc2ccccc2OC[C@H](CN(C)C)OC(=O)CC[C@@H](N)SC)cc1. The van der Waals surface area contributed by atoms with Crippen molar-refractivity contribution in [2.75, 3.05) is 150 Å². The predicted molar refractivity (Wildman–Crippen MR) is 530 cm³/mol. The predicted octanol–water partition coefficient (Wildman–Crippen LogP) is 16.2. The van der Waals surface area contributed by atoms with E-state index < -0.39 is 36.1 Å². The third-order valence-electron chi connectivity index (χ3n) is 21.0. The number of hydrogen-bond donors (Lipinski definition) is 4. The fourth-order valence-electron chi connectivity index (χ4n) is 13.9. The highest BCUT2D eigenvalue weighted by Crippen LogP contribution is 2.29. The second-order valence-corrected chi connectivity index (χ2v) is 34.9. The van der Waals surface area contributed by atoms with Crippen molar-refractivity contribution >= 4 is 59.3 Å². The number of nitrogens with zero attached hydrogens (tertiary/aromatic N) is 4. The first-order valence-electron chi connectivity index (χ1n) is 44.5. The Kier molecular flexibility index (Phi) is 48.9. The largest absolute Gasteiger partial charge is 0.497 e. The van der Waals surface area contributed by atoms with E-state index in [1.807, 2.05) is 246 Å². The fourth-order valence-corrected chi connectivity index (χ4v) is 14.6. The Morgan fingerprint density at radius 3 is 0.731 bits per heavy atom. The smallest absolute Gasteiger partial charge is 0.339 e. The van der Waals surface area contributed by atoms with Gasteiger partial charge in [-0.05, 0) is 275 Å². The molecule has 0 radical (unpaired) electrons. The average Bonchev–Trinajstić information content (AvgIpc) is 0.829. The number of carboxylic acid groups (broad SMARTS) is 2. The maximum absolute atomic E-state index is 12.8. The molecule has 6 atom stereocenters. The van der Waals surface area contributed by atoms with Gasteiger partial charge in [-0.15, -0.1) is 23.5 Å². The lowest BCUT2D eigenvalue weighted by atomic mass is 10.0. The van der Waals surface area contributed by atoms with E-state index in [9.17, 15) is 39.0 Å². The van der Waals surface area contributed by atoms with Crippen molar-refractivity contribution in [2.24, 2.45) is 11.5 Å². The zero-order valence-electron chi connectivity index (χ0n) is 79.7. The van der Waals surface area contributed by atoms with E-state index in [4.69, 9.17) is 68.3 Å². The van der Waals surface area contributed by atoms with Crippen molar-refractivity contribution in [3.63, 3.8) is 0 Å². The number of carboxylic acids is 2. The number of benzene rings is 10. The molecule has 28 heteroatoms. The van der Waals surface area contributed by atoms with Gasteiger partial charge in [-0.25, -0.2) is 19.2 Å². The van der Waals surface area contributed by atoms with Gasteiger partial charge in [-0.2, -0.15) is 0 Å². The van der Waals surface area contributed by atoms with E-state index in [1.165, 1.54) is 46.5 Å². The van der Waals surface area contributed by atoms with Gasteiger partial charge in [0, 0.05) is 39.0 Å². The van der Waals surface area contributed by atoms with Crippen LogP contribution in [0.2, 0.25) is 0 Å². The number of para-hydroxylation sites is 4. The Hall–Kier alpha value is -12.1. The summed E-state index contributed by atoms with van der Waals surface area (Å²) in [5.41, 5.74) is 20.8. The normalized spacial score (nSPS) is 12.3. The molecule has 0 aromatic heterocycles. The number of rotatable bonds is 52. The maximum Gasteiger partial charge on any atom is 0.339 e. The zero-order valence-corrected chi connectivity index (χ0v) is 81.3. The molecule has 0 spiro atoms. The molecular weight excluding hydrogens is 1740 g/mol. The quantitative estimate of drug-likeness (QED) is 0.0156. The molecular formula is C106H134N6O20S2. The van der Waals surface area contributed by atoms with Gasteiger partial charge in [-0.1, -0.05) is 146 Å². The minimum atomic E-state index is -1.18. The lowest BCUT2D eigenvalue weighted by Gasteiger charge is -2.23. The molecule has 0 fully saturated rings. The van der Waals surface area contributed by atoms with E-state index in [-0.39, 0.29) is 70.4 Å². The van der Waals surface area contributed by atoms with Crippen molar-refractivity contribution < 1.29 is 95.8 Å². The molecule has 10 aromatic carbocycles. The van der Waals surface area contributed by atoms with Crippen molar-refractivity contribution in [3.05, 3.63) is 309 Å². The molecule has 0 bridgehead atoms. The summed E-state index contributed by atoms with van der Waals surface area (Å²) < 4.78 is 68.0. The zero-order chi connectivity index (χ0) is 97.1. The first kappa shape index (κ1) is 109. The molecule has 10 rings (SSSR count). The van der Waals surface area contributed by atoms with Gasteiger partial charge in [0.2, 0.25) is 0 Å². The van der Waals surface area contributed by atoms with E-state index in [0.29, 0.717) is 65.1 Å². The van der Waals surface area contributed by atoms with Crippen LogP contribution in [-0.2, 0) is 79.9 Å². The van der Waals surface area contributed by atoms with Crippen LogP contribution >= 0.6 is 23.5 Å². The van der Waals surface area contributed by atoms with E-state index >= 15 is 0 Å². The number of ether oxygens (including phenoxy) is 12. The van der Waals surface area contributed by atoms with Crippen LogP contribution in [0.5, 0.6) is 46.0 Å².